The van der Waals surface area contributed by atoms with Crippen molar-refractivity contribution >= 4 is 0 Å². The Labute approximate surface area is 118 Å². The van der Waals surface area contributed by atoms with Gasteiger partial charge in [-0.25, -0.2) is 0 Å². The molecular formula is C17H30N2. The van der Waals surface area contributed by atoms with Crippen molar-refractivity contribution in [1.29, 1.82) is 0 Å². The van der Waals surface area contributed by atoms with Gasteiger partial charge in [0.05, 0.1) is 0 Å². The Morgan fingerprint density at radius 3 is 2.32 bits per heavy atom. The number of nitrogens with one attached hydrogen (secondary N) is 1. The minimum Gasteiger partial charge on any atom is -0.311 e. The third-order valence-electron chi connectivity index (χ3n) is 6.61. The zero-order valence-electron chi connectivity index (χ0n) is 12.6. The van der Waals surface area contributed by atoms with Crippen LogP contribution in [0.5, 0.6) is 0 Å². The van der Waals surface area contributed by atoms with Crippen LogP contribution in [-0.4, -0.2) is 35.6 Å². The molecule has 0 radical (unpaired) electrons. The molecule has 1 heterocycles. The highest BCUT2D eigenvalue weighted by Gasteiger charge is 2.59. The van der Waals surface area contributed by atoms with Crippen molar-refractivity contribution < 1.29 is 0 Å². The summed E-state index contributed by atoms with van der Waals surface area (Å²) in [6.07, 6.45) is 13.4. The Morgan fingerprint density at radius 2 is 1.68 bits per heavy atom. The second kappa shape index (κ2) is 4.46. The van der Waals surface area contributed by atoms with E-state index in [1.165, 1.54) is 64.5 Å². The Kier molecular flexibility index (Phi) is 2.97. The van der Waals surface area contributed by atoms with Gasteiger partial charge < -0.3 is 5.32 Å². The SMILES string of the molecule is CCNC12CC3CC(C1)CC(N1CCCCC1)(C3)C2. The van der Waals surface area contributed by atoms with Crippen LogP contribution in [0.4, 0.5) is 0 Å². The van der Waals surface area contributed by atoms with E-state index in [0.717, 1.165) is 18.4 Å². The highest BCUT2D eigenvalue weighted by molar-refractivity contribution is 5.16. The fraction of sp³-hybridized carbons (Fsp3) is 1.00. The van der Waals surface area contributed by atoms with Gasteiger partial charge in [-0.1, -0.05) is 13.3 Å². The predicted octanol–water partition coefficient (Wildman–Crippen LogP) is 3.17. The van der Waals surface area contributed by atoms with Crippen LogP contribution < -0.4 is 5.32 Å². The number of piperidine rings is 1. The standard InChI is InChI=1S/C17H30N2/c1-2-18-16-9-14-8-15(10-16)12-17(11-14,13-16)19-6-4-3-5-7-19/h14-15,18H,2-13H2,1H3. The van der Waals surface area contributed by atoms with Crippen LogP contribution in [0.1, 0.15) is 64.7 Å². The zero-order chi connectivity index (χ0) is 12.9. The Morgan fingerprint density at radius 1 is 1.00 bits per heavy atom. The van der Waals surface area contributed by atoms with Crippen LogP contribution in [0.15, 0.2) is 0 Å². The molecule has 5 aliphatic rings. The molecule has 5 rings (SSSR count). The normalized spacial score (nSPS) is 49.7. The highest BCUT2D eigenvalue weighted by Crippen LogP contribution is 2.59. The number of nitrogens with zero attached hydrogens (tertiary/aromatic N) is 1. The topological polar surface area (TPSA) is 15.3 Å². The van der Waals surface area contributed by atoms with Gasteiger partial charge in [-0.2, -0.15) is 0 Å². The van der Waals surface area contributed by atoms with Gasteiger partial charge in [-0.05, 0) is 82.8 Å². The molecule has 2 unspecified atom stereocenters. The van der Waals surface area contributed by atoms with Gasteiger partial charge in [-0.3, -0.25) is 4.90 Å². The molecule has 19 heavy (non-hydrogen) atoms. The number of likely N-dealkylation sites (tertiary alicyclic amines) is 1. The molecule has 0 aromatic heterocycles. The first-order chi connectivity index (χ1) is 9.24. The number of hydrogen-bond acceptors (Lipinski definition) is 2. The van der Waals surface area contributed by atoms with Crippen molar-refractivity contribution in [1.82, 2.24) is 10.2 Å². The maximum absolute atomic E-state index is 3.93. The van der Waals surface area contributed by atoms with E-state index in [-0.39, 0.29) is 0 Å². The van der Waals surface area contributed by atoms with Crippen molar-refractivity contribution in [2.24, 2.45) is 11.8 Å². The number of hydrogen-bond donors (Lipinski definition) is 1. The summed E-state index contributed by atoms with van der Waals surface area (Å²) in [5, 5.41) is 3.93. The van der Waals surface area contributed by atoms with Gasteiger partial charge in [0, 0.05) is 11.1 Å². The second-order valence-corrected chi connectivity index (χ2v) is 8.04. The average molecular weight is 262 g/mol. The van der Waals surface area contributed by atoms with Gasteiger partial charge >= 0.3 is 0 Å². The molecule has 1 N–H and O–H groups in total. The first kappa shape index (κ1) is 12.6. The van der Waals surface area contributed by atoms with Crippen molar-refractivity contribution in [2.45, 2.75) is 75.8 Å². The van der Waals surface area contributed by atoms with Gasteiger partial charge in [0.1, 0.15) is 0 Å². The second-order valence-electron chi connectivity index (χ2n) is 8.04. The fourth-order valence-electron chi connectivity index (χ4n) is 6.53. The fourth-order valence-corrected chi connectivity index (χ4v) is 6.53. The first-order valence-corrected chi connectivity index (χ1v) is 8.74. The lowest BCUT2D eigenvalue weighted by atomic mass is 9.49. The maximum Gasteiger partial charge on any atom is 0.0232 e. The summed E-state index contributed by atoms with van der Waals surface area (Å²) in [7, 11) is 0. The van der Waals surface area contributed by atoms with Crippen LogP contribution in [0, 0.1) is 11.8 Å². The van der Waals surface area contributed by atoms with Gasteiger partial charge in [-0.15, -0.1) is 0 Å². The molecule has 2 atom stereocenters. The Balaban J connectivity index is 1.62. The first-order valence-electron chi connectivity index (χ1n) is 8.74. The maximum atomic E-state index is 3.93. The largest absolute Gasteiger partial charge is 0.311 e. The molecule has 0 spiro atoms. The summed E-state index contributed by atoms with van der Waals surface area (Å²) in [6.45, 7) is 6.24. The van der Waals surface area contributed by atoms with Crippen molar-refractivity contribution in [3.05, 3.63) is 0 Å². The van der Waals surface area contributed by atoms with Crippen LogP contribution in [0.2, 0.25) is 0 Å². The molecule has 0 aromatic rings. The van der Waals surface area contributed by atoms with Gasteiger partial charge in [0.2, 0.25) is 0 Å². The summed E-state index contributed by atoms with van der Waals surface area (Å²) in [4.78, 5) is 2.93. The molecule has 1 saturated heterocycles. The summed E-state index contributed by atoms with van der Waals surface area (Å²) in [6, 6.07) is 0. The Hall–Kier alpha value is -0.0800. The molecule has 0 aromatic carbocycles. The quantitative estimate of drug-likeness (QED) is 0.840. The molecule has 108 valence electrons. The van der Waals surface area contributed by atoms with Crippen molar-refractivity contribution in [3.63, 3.8) is 0 Å². The summed E-state index contributed by atoms with van der Waals surface area (Å²) in [5.41, 5.74) is 1.13. The minimum atomic E-state index is 0.524. The molecule has 0 amide bonds. The number of rotatable bonds is 3. The lowest BCUT2D eigenvalue weighted by Crippen LogP contribution is -2.69. The van der Waals surface area contributed by atoms with E-state index in [0.29, 0.717) is 11.1 Å². The molecule has 4 aliphatic carbocycles. The van der Waals surface area contributed by atoms with Crippen LogP contribution in [0.25, 0.3) is 0 Å². The van der Waals surface area contributed by atoms with E-state index < -0.39 is 0 Å². The van der Waals surface area contributed by atoms with Crippen LogP contribution in [0.3, 0.4) is 0 Å². The molecule has 4 bridgehead atoms. The highest BCUT2D eigenvalue weighted by atomic mass is 15.2. The Bertz CT molecular complexity index is 331. The van der Waals surface area contributed by atoms with E-state index in [2.05, 4.69) is 17.1 Å². The zero-order valence-corrected chi connectivity index (χ0v) is 12.6. The molecule has 2 heteroatoms. The summed E-state index contributed by atoms with van der Waals surface area (Å²) >= 11 is 0. The van der Waals surface area contributed by atoms with Crippen molar-refractivity contribution in [3.8, 4) is 0 Å². The lowest BCUT2D eigenvalue weighted by Gasteiger charge is -2.65. The lowest BCUT2D eigenvalue weighted by molar-refractivity contribution is -0.114. The van der Waals surface area contributed by atoms with E-state index in [1.54, 1.807) is 6.42 Å². The monoisotopic (exact) mass is 262 g/mol. The summed E-state index contributed by atoms with van der Waals surface area (Å²) < 4.78 is 0. The van der Waals surface area contributed by atoms with Crippen LogP contribution in [-0.2, 0) is 0 Å². The van der Waals surface area contributed by atoms with Gasteiger partial charge in [0.15, 0.2) is 0 Å². The molecule has 4 saturated carbocycles. The molecule has 1 aliphatic heterocycles. The van der Waals surface area contributed by atoms with Crippen LogP contribution >= 0.6 is 0 Å². The third kappa shape index (κ3) is 1.98. The third-order valence-corrected chi connectivity index (χ3v) is 6.61. The van der Waals surface area contributed by atoms with E-state index in [9.17, 15) is 0 Å². The van der Waals surface area contributed by atoms with E-state index >= 15 is 0 Å². The molecular weight excluding hydrogens is 232 g/mol. The molecule has 5 fully saturated rings. The van der Waals surface area contributed by atoms with Crippen molar-refractivity contribution in [2.75, 3.05) is 19.6 Å². The van der Waals surface area contributed by atoms with E-state index in [4.69, 9.17) is 0 Å². The van der Waals surface area contributed by atoms with Gasteiger partial charge in [0.25, 0.3) is 0 Å². The molecule has 2 nitrogen and oxygen atoms in total. The van der Waals surface area contributed by atoms with E-state index in [1.807, 2.05) is 0 Å². The smallest absolute Gasteiger partial charge is 0.0232 e. The predicted molar refractivity (Wildman–Crippen MR) is 79.2 cm³/mol. The summed E-state index contributed by atoms with van der Waals surface area (Å²) in [5.74, 6) is 2.06. The average Bonchev–Trinajstić information content (AvgIpc) is 2.38. The minimum absolute atomic E-state index is 0.524.